The van der Waals surface area contributed by atoms with E-state index in [0.29, 0.717) is 31.6 Å². The van der Waals surface area contributed by atoms with E-state index in [0.717, 1.165) is 49.6 Å². The van der Waals surface area contributed by atoms with Gasteiger partial charge in [-0.05, 0) is 50.2 Å². The first kappa shape index (κ1) is 18.4. The summed E-state index contributed by atoms with van der Waals surface area (Å²) >= 11 is 0. The number of pyridine rings is 1. The fraction of sp³-hybridized carbons (Fsp3) is 0.650. The molecule has 0 aromatic carbocycles. The van der Waals surface area contributed by atoms with Crippen LogP contribution in [0.2, 0.25) is 0 Å². The molecule has 0 radical (unpaired) electrons. The Bertz CT molecular complexity index is 771. The molecule has 1 saturated carbocycles. The number of amides is 1. The summed E-state index contributed by atoms with van der Waals surface area (Å²) in [6.07, 6.45) is 9.13. The summed E-state index contributed by atoms with van der Waals surface area (Å²) in [5.41, 5.74) is 6.81. The highest BCUT2D eigenvalue weighted by Gasteiger charge is 2.37. The first-order valence-electron chi connectivity index (χ1n) is 10.3. The normalized spacial score (nSPS) is 23.1. The summed E-state index contributed by atoms with van der Waals surface area (Å²) in [4.78, 5) is 14.9. The number of aryl methyl sites for hydroxylation is 1. The van der Waals surface area contributed by atoms with Crippen LogP contribution in [-0.4, -0.2) is 57.1 Å². The quantitative estimate of drug-likeness (QED) is 0.651. The highest BCUT2D eigenvalue weighted by atomic mass is 16.1. The molecule has 2 aromatic heterocycles. The Balaban J connectivity index is 1.21. The minimum absolute atomic E-state index is 0.157. The molecule has 7 heteroatoms. The lowest BCUT2D eigenvalue weighted by Gasteiger charge is -2.29. The summed E-state index contributed by atoms with van der Waals surface area (Å²) < 4.78 is 2.00. The molecule has 0 spiro atoms. The van der Waals surface area contributed by atoms with Crippen LogP contribution >= 0.6 is 0 Å². The van der Waals surface area contributed by atoms with Gasteiger partial charge in [0.1, 0.15) is 5.82 Å². The fourth-order valence-electron chi connectivity index (χ4n) is 4.21. The molecule has 7 nitrogen and oxygen atoms in total. The maximum atomic E-state index is 12.4. The van der Waals surface area contributed by atoms with Crippen LogP contribution in [0.15, 0.2) is 24.4 Å². The van der Waals surface area contributed by atoms with Gasteiger partial charge >= 0.3 is 0 Å². The zero-order chi connectivity index (χ0) is 18.6. The molecule has 0 unspecified atom stereocenters. The average molecular weight is 371 g/mol. The van der Waals surface area contributed by atoms with Crippen LogP contribution in [0.25, 0.3) is 5.65 Å². The third-order valence-electron chi connectivity index (χ3n) is 5.91. The molecule has 27 heavy (non-hydrogen) atoms. The zero-order valence-electron chi connectivity index (χ0n) is 15.9. The van der Waals surface area contributed by atoms with Crippen LogP contribution < -0.4 is 11.1 Å². The number of nitrogens with one attached hydrogen (secondary N) is 1. The zero-order valence-corrected chi connectivity index (χ0v) is 15.9. The molecule has 3 heterocycles. The van der Waals surface area contributed by atoms with Crippen molar-refractivity contribution in [3.05, 3.63) is 30.2 Å². The number of fused-ring (bicyclic) bond motifs is 1. The van der Waals surface area contributed by atoms with Gasteiger partial charge in [-0.15, -0.1) is 10.2 Å². The van der Waals surface area contributed by atoms with Crippen molar-refractivity contribution in [2.75, 3.05) is 19.6 Å². The van der Waals surface area contributed by atoms with Crippen LogP contribution in [0.1, 0.15) is 44.3 Å². The van der Waals surface area contributed by atoms with Crippen molar-refractivity contribution < 1.29 is 4.79 Å². The second-order valence-corrected chi connectivity index (χ2v) is 7.96. The third kappa shape index (κ3) is 4.47. The summed E-state index contributed by atoms with van der Waals surface area (Å²) in [5.74, 6) is 1.93. The van der Waals surface area contributed by atoms with Crippen molar-refractivity contribution in [2.45, 2.75) is 57.0 Å². The van der Waals surface area contributed by atoms with Crippen molar-refractivity contribution >= 4 is 11.6 Å². The van der Waals surface area contributed by atoms with Crippen molar-refractivity contribution in [2.24, 2.45) is 11.7 Å². The monoisotopic (exact) mass is 370 g/mol. The smallest absolute Gasteiger partial charge is 0.221 e. The van der Waals surface area contributed by atoms with E-state index in [1.165, 1.54) is 12.8 Å². The van der Waals surface area contributed by atoms with E-state index >= 15 is 0 Å². The molecule has 2 atom stereocenters. The van der Waals surface area contributed by atoms with Crippen molar-refractivity contribution in [1.29, 1.82) is 0 Å². The van der Waals surface area contributed by atoms with Gasteiger partial charge in [0, 0.05) is 50.8 Å². The molecule has 0 bridgehead atoms. The van der Waals surface area contributed by atoms with E-state index in [1.54, 1.807) is 0 Å². The lowest BCUT2D eigenvalue weighted by molar-refractivity contribution is -0.122. The van der Waals surface area contributed by atoms with Gasteiger partial charge < -0.3 is 11.1 Å². The van der Waals surface area contributed by atoms with E-state index in [4.69, 9.17) is 5.73 Å². The molecule has 146 valence electrons. The Morgan fingerprint density at radius 2 is 2.04 bits per heavy atom. The molecule has 2 fully saturated rings. The van der Waals surface area contributed by atoms with E-state index in [1.807, 2.05) is 28.8 Å². The molecular weight excluding hydrogens is 340 g/mol. The molecule has 1 aliphatic heterocycles. The van der Waals surface area contributed by atoms with Crippen LogP contribution in [0, 0.1) is 5.92 Å². The highest BCUT2D eigenvalue weighted by Crippen LogP contribution is 2.35. The summed E-state index contributed by atoms with van der Waals surface area (Å²) in [6, 6.07) is 6.70. The number of nitrogens with two attached hydrogens (primary N) is 1. The Hall–Kier alpha value is -1.99. The van der Waals surface area contributed by atoms with Gasteiger partial charge in [0.05, 0.1) is 0 Å². The minimum Gasteiger partial charge on any atom is -0.356 e. The van der Waals surface area contributed by atoms with Crippen molar-refractivity contribution in [1.82, 2.24) is 24.8 Å². The molecule has 2 aliphatic rings. The van der Waals surface area contributed by atoms with Gasteiger partial charge in [0.2, 0.25) is 5.91 Å². The number of likely N-dealkylation sites (tertiary alicyclic amines) is 1. The van der Waals surface area contributed by atoms with Crippen LogP contribution in [0.5, 0.6) is 0 Å². The molecule has 4 rings (SSSR count). The van der Waals surface area contributed by atoms with E-state index < -0.39 is 0 Å². The van der Waals surface area contributed by atoms with E-state index in [9.17, 15) is 4.79 Å². The fourth-order valence-corrected chi connectivity index (χ4v) is 4.21. The van der Waals surface area contributed by atoms with E-state index in [-0.39, 0.29) is 5.91 Å². The van der Waals surface area contributed by atoms with Gasteiger partial charge in [-0.3, -0.25) is 14.1 Å². The van der Waals surface area contributed by atoms with Gasteiger partial charge in [-0.2, -0.15) is 0 Å². The number of hydrogen-bond acceptors (Lipinski definition) is 5. The van der Waals surface area contributed by atoms with E-state index in [2.05, 4.69) is 20.4 Å². The summed E-state index contributed by atoms with van der Waals surface area (Å²) in [7, 11) is 0. The Morgan fingerprint density at radius 1 is 1.19 bits per heavy atom. The Labute approximate surface area is 160 Å². The molecule has 2 aromatic rings. The predicted molar refractivity (Wildman–Crippen MR) is 104 cm³/mol. The van der Waals surface area contributed by atoms with Crippen LogP contribution in [-0.2, 0) is 11.2 Å². The van der Waals surface area contributed by atoms with Gasteiger partial charge in [0.25, 0.3) is 0 Å². The maximum absolute atomic E-state index is 12.4. The largest absolute Gasteiger partial charge is 0.356 e. The topological polar surface area (TPSA) is 88.5 Å². The summed E-state index contributed by atoms with van der Waals surface area (Å²) in [5, 5.41) is 11.5. The molecular formula is C20H30N6O. The first-order valence-corrected chi connectivity index (χ1v) is 10.3. The molecule has 1 saturated heterocycles. The number of hydrogen-bond donors (Lipinski definition) is 2. The molecule has 1 amide bonds. The van der Waals surface area contributed by atoms with Crippen molar-refractivity contribution in [3.63, 3.8) is 0 Å². The average Bonchev–Trinajstić information content (AvgIpc) is 3.29. The second-order valence-electron chi connectivity index (χ2n) is 7.96. The summed E-state index contributed by atoms with van der Waals surface area (Å²) in [6.45, 7) is 2.51. The third-order valence-corrected chi connectivity index (χ3v) is 5.91. The van der Waals surface area contributed by atoms with Crippen molar-refractivity contribution in [3.8, 4) is 0 Å². The number of carbonyl (C=O) groups is 1. The van der Waals surface area contributed by atoms with Gasteiger partial charge in [0.15, 0.2) is 5.65 Å². The molecule has 1 aliphatic carbocycles. The first-order chi connectivity index (χ1) is 13.2. The number of nitrogens with zero attached hydrogens (tertiary/aromatic N) is 4. The predicted octanol–water partition coefficient (Wildman–Crippen LogP) is 1.37. The standard InChI is InChI=1S/C20H30N6O/c21-13-17-9-8-16(26(17)14-15-6-7-15)12-20(27)22-10-3-5-19-24-23-18-4-1-2-11-25(18)19/h1-2,4,11,15-17H,3,5-10,12-14,21H2,(H,22,27)/t16-,17+/m0/s1. The van der Waals surface area contributed by atoms with Gasteiger partial charge in [-0.1, -0.05) is 6.07 Å². The lowest BCUT2D eigenvalue weighted by Crippen LogP contribution is -2.43. The maximum Gasteiger partial charge on any atom is 0.221 e. The number of carbonyl (C=O) groups excluding carboxylic acids is 1. The Morgan fingerprint density at radius 3 is 2.85 bits per heavy atom. The number of aromatic nitrogens is 3. The van der Waals surface area contributed by atoms with Crippen LogP contribution in [0.3, 0.4) is 0 Å². The Kier molecular flexibility index (Phi) is 5.69. The van der Waals surface area contributed by atoms with Gasteiger partial charge in [-0.25, -0.2) is 0 Å². The van der Waals surface area contributed by atoms with Crippen LogP contribution in [0.4, 0.5) is 0 Å². The number of rotatable bonds is 9. The minimum atomic E-state index is 0.157. The SMILES string of the molecule is NC[C@H]1CC[C@@H](CC(=O)NCCCc2nnc3ccccn23)N1CC1CC1. The second kappa shape index (κ2) is 8.35. The highest BCUT2D eigenvalue weighted by molar-refractivity contribution is 5.76. The lowest BCUT2D eigenvalue weighted by atomic mass is 10.1. The molecule has 3 N–H and O–H groups in total.